The lowest BCUT2D eigenvalue weighted by Gasteiger charge is -2.35. The van der Waals surface area contributed by atoms with Gasteiger partial charge in [0.1, 0.15) is 5.69 Å². The molecule has 1 aliphatic rings. The number of halogens is 2. The summed E-state index contributed by atoms with van der Waals surface area (Å²) in [6, 6.07) is 12.6. The first-order valence-electron chi connectivity index (χ1n) is 12.8. The van der Waals surface area contributed by atoms with Gasteiger partial charge in [-0.25, -0.2) is 18.7 Å². The maximum absolute atomic E-state index is 13.0. The van der Waals surface area contributed by atoms with Crippen LogP contribution in [0.4, 0.5) is 14.6 Å². The third-order valence-corrected chi connectivity index (χ3v) is 7.05. The average Bonchev–Trinajstić information content (AvgIpc) is 3.39. The van der Waals surface area contributed by atoms with E-state index in [-0.39, 0.29) is 36.3 Å². The summed E-state index contributed by atoms with van der Waals surface area (Å²) in [4.78, 5) is 21.4. The van der Waals surface area contributed by atoms with E-state index < -0.39 is 5.92 Å². The minimum Gasteiger partial charge on any atom is -0.382 e. The Morgan fingerprint density at radius 3 is 2.50 bits per heavy atom. The van der Waals surface area contributed by atoms with Gasteiger partial charge in [-0.05, 0) is 24.5 Å². The molecule has 0 atom stereocenters. The average molecular weight is 521 g/mol. The fourth-order valence-corrected chi connectivity index (χ4v) is 4.73. The molecule has 3 N–H and O–H groups in total. The lowest BCUT2D eigenvalue weighted by molar-refractivity contribution is -0.0930. The van der Waals surface area contributed by atoms with Crippen LogP contribution < -0.4 is 16.6 Å². The van der Waals surface area contributed by atoms with Gasteiger partial charge < -0.3 is 20.1 Å². The molecule has 0 unspecified atom stereocenters. The van der Waals surface area contributed by atoms with Crippen LogP contribution in [0.25, 0.3) is 34.0 Å². The zero-order valence-corrected chi connectivity index (χ0v) is 21.3. The number of nitrogens with zero attached hydrogens (tertiary/aromatic N) is 4. The van der Waals surface area contributed by atoms with E-state index in [4.69, 9.17) is 10.3 Å². The van der Waals surface area contributed by atoms with E-state index in [1.165, 1.54) is 0 Å². The first kappa shape index (κ1) is 25.7. The van der Waals surface area contributed by atoms with Gasteiger partial charge in [0.25, 0.3) is 11.5 Å². The van der Waals surface area contributed by atoms with Crippen molar-refractivity contribution in [1.82, 2.24) is 25.0 Å². The van der Waals surface area contributed by atoms with Crippen molar-refractivity contribution in [3.8, 4) is 34.0 Å². The normalized spacial score (nSPS) is 15.1. The highest BCUT2D eigenvalue weighted by atomic mass is 19.3. The number of nitrogens with two attached hydrogens (primary N) is 1. The number of nitrogens with one attached hydrogen (secondary N) is 1. The van der Waals surface area contributed by atoms with Gasteiger partial charge >= 0.3 is 0 Å². The van der Waals surface area contributed by atoms with Crippen LogP contribution in [0.1, 0.15) is 51.1 Å². The Hall–Kier alpha value is -3.92. The molecule has 198 valence electrons. The quantitative estimate of drug-likeness (QED) is 0.301. The van der Waals surface area contributed by atoms with Crippen LogP contribution in [-0.4, -0.2) is 31.7 Å². The van der Waals surface area contributed by atoms with Crippen LogP contribution in [0.5, 0.6) is 0 Å². The van der Waals surface area contributed by atoms with E-state index in [2.05, 4.69) is 34.3 Å². The number of nitrogen functional groups attached to an aromatic ring is 1. The number of hydrogen-bond donors (Lipinski definition) is 2. The highest BCUT2D eigenvalue weighted by molar-refractivity contribution is 5.72. The molecule has 1 aromatic carbocycles. The van der Waals surface area contributed by atoms with Gasteiger partial charge in [-0.2, -0.15) is 0 Å². The summed E-state index contributed by atoms with van der Waals surface area (Å²) in [6.45, 7) is 4.63. The lowest BCUT2D eigenvalue weighted by Crippen LogP contribution is -2.48. The van der Waals surface area contributed by atoms with E-state index in [1.807, 2.05) is 30.5 Å². The predicted octanol–water partition coefficient (Wildman–Crippen LogP) is 5.46. The summed E-state index contributed by atoms with van der Waals surface area (Å²) in [5.41, 5.74) is 10.2. The van der Waals surface area contributed by atoms with Crippen molar-refractivity contribution in [2.75, 3.05) is 5.73 Å². The van der Waals surface area contributed by atoms with Crippen LogP contribution >= 0.6 is 0 Å². The minimum atomic E-state index is -2.53. The molecule has 0 radical (unpaired) electrons. The predicted molar refractivity (Wildman–Crippen MR) is 142 cm³/mol. The molecule has 0 amide bonds. The summed E-state index contributed by atoms with van der Waals surface area (Å²) < 4.78 is 33.3. The number of alkyl halides is 2. The fourth-order valence-electron chi connectivity index (χ4n) is 4.73. The lowest BCUT2D eigenvalue weighted by atomic mass is 9.88. The van der Waals surface area contributed by atoms with Gasteiger partial charge in [-0.1, -0.05) is 43.3 Å². The van der Waals surface area contributed by atoms with Crippen molar-refractivity contribution < 1.29 is 13.3 Å². The van der Waals surface area contributed by atoms with Crippen LogP contribution in [-0.2, 0) is 6.54 Å². The molecule has 38 heavy (non-hydrogen) atoms. The van der Waals surface area contributed by atoms with Crippen LogP contribution in [0, 0.1) is 0 Å². The third kappa shape index (κ3) is 5.35. The van der Waals surface area contributed by atoms with Crippen LogP contribution in [0.15, 0.2) is 64.2 Å². The molecule has 0 saturated heterocycles. The Morgan fingerprint density at radius 1 is 1.11 bits per heavy atom. The van der Waals surface area contributed by atoms with Crippen molar-refractivity contribution in [2.24, 2.45) is 0 Å². The third-order valence-electron chi connectivity index (χ3n) is 7.05. The van der Waals surface area contributed by atoms with Crippen LogP contribution in [0.3, 0.4) is 0 Å². The van der Waals surface area contributed by atoms with E-state index >= 15 is 0 Å². The monoisotopic (exact) mass is 520 g/mol. The van der Waals surface area contributed by atoms with E-state index in [0.29, 0.717) is 29.4 Å². The number of rotatable bonds is 9. The largest absolute Gasteiger partial charge is 0.382 e. The first-order valence-corrected chi connectivity index (χ1v) is 12.8. The topological polar surface area (TPSA) is 112 Å². The molecule has 4 aromatic rings. The standard InChI is InChI=1S/C28H30F2N6O2/c1-3-21(4-2)36-16-19(9-10-25(36)37)23-15-33-27(31)26(34-23)24-11-22(35-38-24)18-7-5-17(6-8-18)14-32-20-12-28(29,30)13-20/h5-11,15-16,20-21,32H,3-4,12-14H2,1-2H3,(H2,31,33). The van der Waals surface area contributed by atoms with E-state index in [1.54, 1.807) is 29.0 Å². The number of hydrogen-bond acceptors (Lipinski definition) is 7. The maximum Gasteiger partial charge on any atom is 0.251 e. The SMILES string of the molecule is CCC(CC)n1cc(-c2cnc(N)c(-c3cc(-c4ccc(CNC5CC(F)(F)C5)cc4)no3)n2)ccc1=O. The molecule has 0 aliphatic heterocycles. The smallest absolute Gasteiger partial charge is 0.251 e. The van der Waals surface area contributed by atoms with E-state index in [9.17, 15) is 13.6 Å². The van der Waals surface area contributed by atoms with Crippen LogP contribution in [0.2, 0.25) is 0 Å². The summed E-state index contributed by atoms with van der Waals surface area (Å²) in [7, 11) is 0. The molecule has 1 fully saturated rings. The summed E-state index contributed by atoms with van der Waals surface area (Å²) in [5, 5.41) is 7.33. The molecule has 3 aromatic heterocycles. The van der Waals surface area contributed by atoms with Gasteiger partial charge in [0.2, 0.25) is 0 Å². The summed E-state index contributed by atoms with van der Waals surface area (Å²) >= 11 is 0. The molecular formula is C28H30F2N6O2. The Morgan fingerprint density at radius 2 is 1.82 bits per heavy atom. The van der Waals surface area contributed by atoms with Gasteiger partial charge in [-0.3, -0.25) is 4.79 Å². The molecular weight excluding hydrogens is 490 g/mol. The summed E-state index contributed by atoms with van der Waals surface area (Å²) in [5.74, 6) is -1.96. The summed E-state index contributed by atoms with van der Waals surface area (Å²) in [6.07, 6.45) is 4.85. The number of anilines is 1. The van der Waals surface area contributed by atoms with Gasteiger partial charge in [0, 0.05) is 60.9 Å². The van der Waals surface area contributed by atoms with Gasteiger partial charge in [-0.15, -0.1) is 0 Å². The first-order chi connectivity index (χ1) is 18.3. The Bertz CT molecular complexity index is 1470. The Balaban J connectivity index is 1.34. The maximum atomic E-state index is 13.0. The fraction of sp³-hybridized carbons (Fsp3) is 0.357. The van der Waals surface area contributed by atoms with Gasteiger partial charge in [0.15, 0.2) is 17.3 Å². The second-order valence-corrected chi connectivity index (χ2v) is 9.74. The number of aromatic nitrogens is 4. The van der Waals surface area contributed by atoms with Crippen molar-refractivity contribution in [3.63, 3.8) is 0 Å². The van der Waals surface area contributed by atoms with Crippen molar-refractivity contribution in [3.05, 3.63) is 70.8 Å². The second-order valence-electron chi connectivity index (χ2n) is 9.74. The minimum absolute atomic E-state index is 0.0580. The van der Waals surface area contributed by atoms with E-state index in [0.717, 1.165) is 29.5 Å². The number of benzene rings is 1. The zero-order valence-electron chi connectivity index (χ0n) is 21.3. The highest BCUT2D eigenvalue weighted by Crippen LogP contribution is 2.37. The van der Waals surface area contributed by atoms with Crippen molar-refractivity contribution in [2.45, 2.75) is 64.1 Å². The number of pyridine rings is 1. The Labute approximate surface area is 218 Å². The molecule has 1 aliphatic carbocycles. The highest BCUT2D eigenvalue weighted by Gasteiger charge is 2.44. The molecule has 1 saturated carbocycles. The molecule has 8 nitrogen and oxygen atoms in total. The molecule has 3 heterocycles. The molecule has 0 spiro atoms. The molecule has 10 heteroatoms. The van der Waals surface area contributed by atoms with Gasteiger partial charge in [0.05, 0.1) is 11.9 Å². The molecule has 0 bridgehead atoms. The second kappa shape index (κ2) is 10.4. The van der Waals surface area contributed by atoms with Crippen molar-refractivity contribution >= 4 is 5.82 Å². The zero-order chi connectivity index (χ0) is 26.9. The Kier molecular flexibility index (Phi) is 7.07. The molecule has 5 rings (SSSR count). The van der Waals surface area contributed by atoms with Crippen molar-refractivity contribution in [1.29, 1.82) is 0 Å².